The quantitative estimate of drug-likeness (QED) is 0.284. The van der Waals surface area contributed by atoms with E-state index in [9.17, 15) is 15.8 Å². The molecule has 3 heteroatoms. The van der Waals surface area contributed by atoms with E-state index in [4.69, 9.17) is 0 Å². The van der Waals surface area contributed by atoms with Crippen molar-refractivity contribution in [3.63, 3.8) is 0 Å². The highest BCUT2D eigenvalue weighted by Crippen LogP contribution is 2.42. The summed E-state index contributed by atoms with van der Waals surface area (Å²) in [5.74, 6) is 0. The topological polar surface area (TPSA) is 71.4 Å². The molecular weight excluding hydrogens is 318 g/mol. The summed E-state index contributed by atoms with van der Waals surface area (Å²) < 4.78 is 0. The van der Waals surface area contributed by atoms with Crippen LogP contribution in [0.15, 0.2) is 54.6 Å². The Labute approximate surface area is 148 Å². The third kappa shape index (κ3) is 1.58. The van der Waals surface area contributed by atoms with E-state index in [-0.39, 0.29) is 0 Å². The van der Waals surface area contributed by atoms with Crippen molar-refractivity contribution in [2.75, 3.05) is 0 Å². The molecule has 116 valence electrons. The van der Waals surface area contributed by atoms with E-state index < -0.39 is 0 Å². The van der Waals surface area contributed by atoms with E-state index in [1.165, 1.54) is 0 Å². The molecule has 26 heavy (non-hydrogen) atoms. The first-order valence-electron chi connectivity index (χ1n) is 8.15. The van der Waals surface area contributed by atoms with Gasteiger partial charge in [0.2, 0.25) is 0 Å². The van der Waals surface area contributed by atoms with Crippen LogP contribution in [0, 0.1) is 34.0 Å². The molecule has 0 radical (unpaired) electrons. The second kappa shape index (κ2) is 4.93. The summed E-state index contributed by atoms with van der Waals surface area (Å²) in [6.45, 7) is 0. The standard InChI is InChI=1S/C23H9N3/c24-10-13-7-8-19-18-5-1-4-17-14(11-25)9-15(12-26)21(23(17)18)20-6-2-3-16(13)22(19)20/h1-9H. The minimum absolute atomic E-state index is 0.488. The Morgan fingerprint density at radius 3 is 1.73 bits per heavy atom. The van der Waals surface area contributed by atoms with Crippen LogP contribution >= 0.6 is 0 Å². The smallest absolute Gasteiger partial charge is 0.0998 e. The van der Waals surface area contributed by atoms with Crippen molar-refractivity contribution in [3.05, 3.63) is 71.3 Å². The van der Waals surface area contributed by atoms with E-state index >= 15 is 0 Å². The van der Waals surface area contributed by atoms with E-state index in [1.54, 1.807) is 6.07 Å². The molecule has 0 saturated carbocycles. The third-order valence-corrected chi connectivity index (χ3v) is 5.12. The number of benzene rings is 5. The van der Waals surface area contributed by atoms with Crippen molar-refractivity contribution >= 4 is 43.1 Å². The number of nitriles is 3. The van der Waals surface area contributed by atoms with E-state index in [1.807, 2.05) is 48.5 Å². The predicted molar refractivity (Wildman–Crippen MR) is 102 cm³/mol. The van der Waals surface area contributed by atoms with Gasteiger partial charge in [0.25, 0.3) is 0 Å². The summed E-state index contributed by atoms with van der Waals surface area (Å²) in [6, 6.07) is 23.9. The zero-order chi connectivity index (χ0) is 17.8. The normalized spacial score (nSPS) is 11.0. The molecule has 3 nitrogen and oxygen atoms in total. The van der Waals surface area contributed by atoms with Crippen molar-refractivity contribution in [2.45, 2.75) is 0 Å². The van der Waals surface area contributed by atoms with Gasteiger partial charge < -0.3 is 0 Å². The molecule has 0 atom stereocenters. The molecular formula is C23H9N3. The summed E-state index contributed by atoms with van der Waals surface area (Å²) in [6.07, 6.45) is 0. The van der Waals surface area contributed by atoms with E-state index in [0.717, 1.165) is 43.1 Å². The second-order valence-corrected chi connectivity index (χ2v) is 6.30. The van der Waals surface area contributed by atoms with Gasteiger partial charge in [-0.3, -0.25) is 0 Å². The summed E-state index contributed by atoms with van der Waals surface area (Å²) in [5.41, 5.74) is 1.61. The molecule has 0 N–H and O–H groups in total. The van der Waals surface area contributed by atoms with Gasteiger partial charge in [0.1, 0.15) is 0 Å². The Bertz CT molecular complexity index is 1510. The van der Waals surface area contributed by atoms with Gasteiger partial charge in [-0.15, -0.1) is 0 Å². The molecule has 0 aliphatic rings. The molecule has 0 aromatic heterocycles. The van der Waals surface area contributed by atoms with Crippen LogP contribution in [-0.2, 0) is 0 Å². The van der Waals surface area contributed by atoms with Crippen molar-refractivity contribution in [1.29, 1.82) is 15.8 Å². The zero-order valence-corrected chi connectivity index (χ0v) is 13.5. The van der Waals surface area contributed by atoms with Crippen molar-refractivity contribution < 1.29 is 0 Å². The van der Waals surface area contributed by atoms with Gasteiger partial charge in [-0.05, 0) is 33.7 Å². The molecule has 0 spiro atoms. The molecule has 0 unspecified atom stereocenters. The predicted octanol–water partition coefficient (Wildman–Crippen LogP) is 5.35. The first-order chi connectivity index (χ1) is 12.8. The maximum atomic E-state index is 9.74. The highest BCUT2D eigenvalue weighted by atomic mass is 14.3. The molecule has 5 aromatic carbocycles. The van der Waals surface area contributed by atoms with Gasteiger partial charge in [0.15, 0.2) is 0 Å². The largest absolute Gasteiger partial charge is 0.192 e. The first-order valence-corrected chi connectivity index (χ1v) is 8.15. The lowest BCUT2D eigenvalue weighted by molar-refractivity contribution is 1.48. The van der Waals surface area contributed by atoms with Gasteiger partial charge in [0, 0.05) is 21.5 Å². The molecule has 0 aliphatic heterocycles. The number of nitrogens with zero attached hydrogens (tertiary/aromatic N) is 3. The minimum atomic E-state index is 0.488. The van der Waals surface area contributed by atoms with Crippen LogP contribution in [0.3, 0.4) is 0 Å². The second-order valence-electron chi connectivity index (χ2n) is 6.30. The zero-order valence-electron chi connectivity index (χ0n) is 13.5. The first kappa shape index (κ1) is 14.2. The lowest BCUT2D eigenvalue weighted by Gasteiger charge is -2.16. The fourth-order valence-electron chi connectivity index (χ4n) is 4.10. The van der Waals surface area contributed by atoms with Crippen LogP contribution < -0.4 is 0 Å². The Kier molecular flexibility index (Phi) is 2.70. The average Bonchev–Trinajstić information content (AvgIpc) is 2.70. The SMILES string of the molecule is N#Cc1ccc2c3cccc4c(C#N)cc(C#N)c(c5cccc1c25)c43. The Morgan fingerprint density at radius 1 is 0.462 bits per heavy atom. The van der Waals surface area contributed by atoms with Crippen LogP contribution in [0.2, 0.25) is 0 Å². The van der Waals surface area contributed by atoms with Crippen molar-refractivity contribution in [2.24, 2.45) is 0 Å². The van der Waals surface area contributed by atoms with Crippen molar-refractivity contribution in [3.8, 4) is 18.2 Å². The Hall–Kier alpha value is -4.13. The Morgan fingerprint density at radius 2 is 1.04 bits per heavy atom. The molecule has 0 heterocycles. The highest BCUT2D eigenvalue weighted by molar-refractivity contribution is 6.34. The summed E-state index contributed by atoms with van der Waals surface area (Å²) in [7, 11) is 0. The van der Waals surface area contributed by atoms with Crippen LogP contribution in [0.25, 0.3) is 43.1 Å². The fourth-order valence-corrected chi connectivity index (χ4v) is 4.10. The van der Waals surface area contributed by atoms with Gasteiger partial charge in [0.05, 0.1) is 34.9 Å². The van der Waals surface area contributed by atoms with E-state index in [0.29, 0.717) is 16.7 Å². The third-order valence-electron chi connectivity index (χ3n) is 5.12. The molecule has 0 amide bonds. The van der Waals surface area contributed by atoms with Gasteiger partial charge >= 0.3 is 0 Å². The van der Waals surface area contributed by atoms with Crippen molar-refractivity contribution in [1.82, 2.24) is 0 Å². The van der Waals surface area contributed by atoms with Crippen LogP contribution in [0.4, 0.5) is 0 Å². The molecule has 0 bridgehead atoms. The highest BCUT2D eigenvalue weighted by Gasteiger charge is 2.18. The van der Waals surface area contributed by atoms with Gasteiger partial charge in [-0.1, -0.05) is 42.5 Å². The molecule has 0 aliphatic carbocycles. The summed E-state index contributed by atoms with van der Waals surface area (Å²) in [5, 5.41) is 36.3. The molecule has 0 saturated heterocycles. The molecule has 5 rings (SSSR count). The monoisotopic (exact) mass is 327 g/mol. The van der Waals surface area contributed by atoms with Crippen LogP contribution in [0.5, 0.6) is 0 Å². The lowest BCUT2D eigenvalue weighted by atomic mass is 9.85. The Balaban J connectivity index is 2.27. The number of rotatable bonds is 0. The maximum Gasteiger partial charge on any atom is 0.0998 e. The molecule has 0 fully saturated rings. The summed E-state index contributed by atoms with van der Waals surface area (Å²) >= 11 is 0. The van der Waals surface area contributed by atoms with Crippen LogP contribution in [-0.4, -0.2) is 0 Å². The van der Waals surface area contributed by atoms with Crippen LogP contribution in [0.1, 0.15) is 16.7 Å². The number of fused-ring (bicyclic) bond motifs is 2. The number of hydrogen-bond donors (Lipinski definition) is 0. The average molecular weight is 327 g/mol. The van der Waals surface area contributed by atoms with E-state index in [2.05, 4.69) is 18.2 Å². The minimum Gasteiger partial charge on any atom is -0.192 e. The van der Waals surface area contributed by atoms with Gasteiger partial charge in [-0.25, -0.2) is 0 Å². The maximum absolute atomic E-state index is 9.74. The lowest BCUT2D eigenvalue weighted by Crippen LogP contribution is -1.93. The molecule has 5 aromatic rings. The van der Waals surface area contributed by atoms with Gasteiger partial charge in [-0.2, -0.15) is 15.8 Å². The summed E-state index contributed by atoms with van der Waals surface area (Å²) in [4.78, 5) is 0. The fraction of sp³-hybridized carbons (Fsp3) is 0. The number of hydrogen-bond acceptors (Lipinski definition) is 3.